The summed E-state index contributed by atoms with van der Waals surface area (Å²) in [5.74, 6) is 2.06. The summed E-state index contributed by atoms with van der Waals surface area (Å²) in [5.41, 5.74) is 11.2. The van der Waals surface area contributed by atoms with E-state index in [-0.39, 0.29) is 0 Å². The van der Waals surface area contributed by atoms with Crippen LogP contribution in [0.2, 0.25) is 0 Å². The number of hydrogen-bond donors (Lipinski definition) is 2. The van der Waals surface area contributed by atoms with E-state index in [2.05, 4.69) is 30.2 Å². The van der Waals surface area contributed by atoms with Crippen molar-refractivity contribution >= 4 is 56.5 Å². The van der Waals surface area contributed by atoms with E-state index in [9.17, 15) is 0 Å². The number of nitrogen functional groups attached to an aromatic ring is 2. The summed E-state index contributed by atoms with van der Waals surface area (Å²) in [5, 5.41) is 16.8. The van der Waals surface area contributed by atoms with Gasteiger partial charge in [0.25, 0.3) is 0 Å². The van der Waals surface area contributed by atoms with Crippen molar-refractivity contribution in [2.75, 3.05) is 62.2 Å². The summed E-state index contributed by atoms with van der Waals surface area (Å²) >= 11 is 6.38. The molecule has 1 fully saturated rings. The summed E-state index contributed by atoms with van der Waals surface area (Å²) in [6.45, 7) is 6.64. The van der Waals surface area contributed by atoms with Gasteiger partial charge in [-0.25, -0.2) is 0 Å². The first kappa shape index (κ1) is 18.1. The number of nitrogens with zero attached hydrogens (tertiary/aromatic N) is 6. The molecule has 8 nitrogen and oxygen atoms in total. The largest absolute Gasteiger partial charge is 0.374 e. The molecule has 4 N–H and O–H groups in total. The fraction of sp³-hybridized carbons (Fsp3) is 0.667. The summed E-state index contributed by atoms with van der Waals surface area (Å²) in [6.07, 6.45) is 0. The fourth-order valence-corrected chi connectivity index (χ4v) is 5.73. The van der Waals surface area contributed by atoms with Crippen LogP contribution < -0.4 is 11.5 Å². The van der Waals surface area contributed by atoms with Gasteiger partial charge in [0.15, 0.2) is 8.68 Å². The van der Waals surface area contributed by atoms with Crippen molar-refractivity contribution in [3.63, 3.8) is 0 Å². The molecule has 2 aromatic rings. The minimum absolute atomic E-state index is 0.542. The number of anilines is 2. The van der Waals surface area contributed by atoms with Crippen molar-refractivity contribution in [1.82, 2.24) is 30.2 Å². The molecule has 132 valence electrons. The lowest BCUT2D eigenvalue weighted by atomic mass is 10.3. The molecule has 0 amide bonds. The van der Waals surface area contributed by atoms with Crippen molar-refractivity contribution in [3.8, 4) is 0 Å². The van der Waals surface area contributed by atoms with Gasteiger partial charge in [-0.05, 0) is 0 Å². The second-order valence-electron chi connectivity index (χ2n) is 5.19. The summed E-state index contributed by atoms with van der Waals surface area (Å²) in [7, 11) is 0. The molecule has 12 heteroatoms. The van der Waals surface area contributed by atoms with Crippen LogP contribution in [0.25, 0.3) is 0 Å². The van der Waals surface area contributed by atoms with Crippen LogP contribution in [0.3, 0.4) is 0 Å². The minimum Gasteiger partial charge on any atom is -0.374 e. The number of aromatic nitrogens is 4. The standard InChI is InChI=1S/C12H20N8S4/c13-9-15-17-11(23-9)21-7-5-19-1-2-20(4-3-19)6-8-22-12-18-16-10(14)24-12/h1-8H2,(H2,13,15)(H2,14,16). The first-order chi connectivity index (χ1) is 11.7. The maximum Gasteiger partial charge on any atom is 0.203 e. The third kappa shape index (κ3) is 5.70. The van der Waals surface area contributed by atoms with Gasteiger partial charge < -0.3 is 11.5 Å². The van der Waals surface area contributed by atoms with Crippen LogP contribution >= 0.6 is 46.2 Å². The highest BCUT2D eigenvalue weighted by molar-refractivity contribution is 8.01. The third-order valence-corrected chi connectivity index (χ3v) is 7.31. The van der Waals surface area contributed by atoms with Gasteiger partial charge in [-0.3, -0.25) is 9.80 Å². The van der Waals surface area contributed by atoms with Gasteiger partial charge in [0.1, 0.15) is 0 Å². The van der Waals surface area contributed by atoms with Gasteiger partial charge in [0.05, 0.1) is 0 Å². The van der Waals surface area contributed by atoms with Gasteiger partial charge in [0.2, 0.25) is 10.3 Å². The SMILES string of the molecule is Nc1nnc(SCCN2CCN(CCSc3nnc(N)s3)CC2)s1. The number of thioether (sulfide) groups is 2. The molecule has 0 atom stereocenters. The Morgan fingerprint density at radius 2 is 1.17 bits per heavy atom. The first-order valence-electron chi connectivity index (χ1n) is 7.57. The average Bonchev–Trinajstić information content (AvgIpc) is 3.17. The predicted octanol–water partition coefficient (Wildman–Crippen LogP) is 1.06. The molecule has 0 radical (unpaired) electrons. The first-order valence-corrected chi connectivity index (χ1v) is 11.2. The van der Waals surface area contributed by atoms with Crippen LogP contribution in [0.1, 0.15) is 0 Å². The smallest absolute Gasteiger partial charge is 0.203 e. The lowest BCUT2D eigenvalue weighted by molar-refractivity contribution is 0.144. The molecule has 24 heavy (non-hydrogen) atoms. The summed E-state index contributed by atoms with van der Waals surface area (Å²) < 4.78 is 1.92. The predicted molar refractivity (Wildman–Crippen MR) is 103 cm³/mol. The molecule has 3 heterocycles. The van der Waals surface area contributed by atoms with Crippen molar-refractivity contribution in [3.05, 3.63) is 0 Å². The highest BCUT2D eigenvalue weighted by Gasteiger charge is 2.16. The summed E-state index contributed by atoms with van der Waals surface area (Å²) in [6, 6.07) is 0. The zero-order chi connectivity index (χ0) is 16.8. The Kier molecular flexibility index (Phi) is 6.92. The Hall–Kier alpha value is -0.660. The molecule has 0 aromatic carbocycles. The highest BCUT2D eigenvalue weighted by atomic mass is 32.2. The molecule has 1 aliphatic heterocycles. The van der Waals surface area contributed by atoms with E-state index in [1.165, 1.54) is 22.7 Å². The topological polar surface area (TPSA) is 110 Å². The molecule has 0 aliphatic carbocycles. The average molecular weight is 405 g/mol. The maximum absolute atomic E-state index is 5.59. The lowest BCUT2D eigenvalue weighted by Gasteiger charge is -2.34. The molecular formula is C12H20N8S4. The highest BCUT2D eigenvalue weighted by Crippen LogP contribution is 2.24. The quantitative estimate of drug-likeness (QED) is 0.619. The lowest BCUT2D eigenvalue weighted by Crippen LogP contribution is -2.47. The number of piperazine rings is 1. The molecule has 0 spiro atoms. The molecular weight excluding hydrogens is 384 g/mol. The minimum atomic E-state index is 0.542. The maximum atomic E-state index is 5.59. The Morgan fingerprint density at radius 1 is 0.750 bits per heavy atom. The van der Waals surface area contributed by atoms with Crippen LogP contribution in [0.4, 0.5) is 10.3 Å². The Labute approximate surface area is 157 Å². The van der Waals surface area contributed by atoms with Crippen LogP contribution in [0.15, 0.2) is 8.68 Å². The van der Waals surface area contributed by atoms with Crippen molar-refractivity contribution in [1.29, 1.82) is 0 Å². The van der Waals surface area contributed by atoms with E-state index < -0.39 is 0 Å². The molecule has 3 rings (SSSR count). The van der Waals surface area contributed by atoms with Gasteiger partial charge in [-0.2, -0.15) is 0 Å². The van der Waals surface area contributed by atoms with Crippen LogP contribution in [-0.2, 0) is 0 Å². The third-order valence-electron chi connectivity index (χ3n) is 3.58. The number of nitrogens with two attached hydrogens (primary N) is 2. The number of hydrogen-bond acceptors (Lipinski definition) is 12. The molecule has 1 aliphatic rings. The van der Waals surface area contributed by atoms with Gasteiger partial charge >= 0.3 is 0 Å². The molecule has 0 saturated carbocycles. The van der Waals surface area contributed by atoms with E-state index in [1.807, 2.05) is 0 Å². The zero-order valence-corrected chi connectivity index (χ0v) is 16.4. The van der Waals surface area contributed by atoms with E-state index in [0.29, 0.717) is 10.3 Å². The van der Waals surface area contributed by atoms with Gasteiger partial charge in [0, 0.05) is 50.8 Å². The van der Waals surface area contributed by atoms with E-state index >= 15 is 0 Å². The Bertz CT molecular complexity index is 570. The van der Waals surface area contributed by atoms with Gasteiger partial charge in [-0.1, -0.05) is 46.2 Å². The fourth-order valence-electron chi connectivity index (χ4n) is 2.32. The van der Waals surface area contributed by atoms with E-state index in [4.69, 9.17) is 11.5 Å². The van der Waals surface area contributed by atoms with Crippen LogP contribution in [0, 0.1) is 0 Å². The van der Waals surface area contributed by atoms with Crippen LogP contribution in [0.5, 0.6) is 0 Å². The molecule has 0 unspecified atom stereocenters. The second-order valence-corrected chi connectivity index (χ2v) is 9.89. The molecule has 1 saturated heterocycles. The van der Waals surface area contributed by atoms with E-state index in [1.54, 1.807) is 23.5 Å². The second kappa shape index (κ2) is 9.15. The Morgan fingerprint density at radius 3 is 1.50 bits per heavy atom. The van der Waals surface area contributed by atoms with E-state index in [0.717, 1.165) is 59.5 Å². The Balaban J connectivity index is 1.26. The van der Waals surface area contributed by atoms with Crippen LogP contribution in [-0.4, -0.2) is 81.0 Å². The summed E-state index contributed by atoms with van der Waals surface area (Å²) in [4.78, 5) is 5.01. The molecule has 2 aromatic heterocycles. The van der Waals surface area contributed by atoms with Crippen molar-refractivity contribution in [2.45, 2.75) is 8.68 Å². The van der Waals surface area contributed by atoms with Gasteiger partial charge in [-0.15, -0.1) is 20.4 Å². The molecule has 0 bridgehead atoms. The monoisotopic (exact) mass is 404 g/mol. The van der Waals surface area contributed by atoms with Crippen molar-refractivity contribution in [2.24, 2.45) is 0 Å². The number of rotatable bonds is 8. The van der Waals surface area contributed by atoms with Crippen molar-refractivity contribution < 1.29 is 0 Å². The zero-order valence-electron chi connectivity index (χ0n) is 13.1. The normalized spacial score (nSPS) is 16.7.